The van der Waals surface area contributed by atoms with E-state index in [0.29, 0.717) is 17.7 Å². The summed E-state index contributed by atoms with van der Waals surface area (Å²) < 4.78 is 5.76. The molecular weight excluding hydrogens is 270 g/mol. The first-order chi connectivity index (χ1) is 7.66. The molecule has 0 atom stereocenters. The van der Waals surface area contributed by atoms with E-state index in [1.807, 2.05) is 6.07 Å². The molecular formula is C12H10BrNO2. The molecule has 1 heterocycles. The average Bonchev–Trinajstić information content (AvgIpc) is 2.74. The van der Waals surface area contributed by atoms with Gasteiger partial charge in [0.2, 0.25) is 0 Å². The lowest BCUT2D eigenvalue weighted by atomic mass is 10.0. The number of rotatable bonds is 3. The second kappa shape index (κ2) is 4.53. The van der Waals surface area contributed by atoms with E-state index >= 15 is 0 Å². The van der Waals surface area contributed by atoms with Crippen molar-refractivity contribution in [1.29, 1.82) is 0 Å². The molecule has 2 N–H and O–H groups in total. The smallest absolute Gasteiger partial charge is 0.169 e. The number of carbonyl (C=O) groups excluding carboxylic acids is 1. The summed E-state index contributed by atoms with van der Waals surface area (Å²) in [5.41, 5.74) is 7.64. The van der Waals surface area contributed by atoms with E-state index in [1.54, 1.807) is 30.7 Å². The zero-order valence-electron chi connectivity index (χ0n) is 8.44. The van der Waals surface area contributed by atoms with Gasteiger partial charge in [-0.2, -0.15) is 0 Å². The normalized spacial score (nSPS) is 10.3. The highest BCUT2D eigenvalue weighted by Gasteiger charge is 2.11. The third-order valence-corrected chi connectivity index (χ3v) is 2.75. The van der Waals surface area contributed by atoms with Crippen LogP contribution in [0.2, 0.25) is 0 Å². The topological polar surface area (TPSA) is 56.2 Å². The number of furan rings is 1. The fourth-order valence-corrected chi connectivity index (χ4v) is 1.80. The summed E-state index contributed by atoms with van der Waals surface area (Å²) in [4.78, 5) is 11.9. The quantitative estimate of drug-likeness (QED) is 0.694. The van der Waals surface area contributed by atoms with Crippen molar-refractivity contribution in [3.8, 4) is 0 Å². The molecule has 2 rings (SSSR count). The summed E-state index contributed by atoms with van der Waals surface area (Å²) in [5.74, 6) is -0.0137. The Labute approximate surface area is 101 Å². The Morgan fingerprint density at radius 2 is 2.19 bits per heavy atom. The van der Waals surface area contributed by atoms with Crippen molar-refractivity contribution < 1.29 is 9.21 Å². The minimum atomic E-state index is -0.0137. The Kier molecular flexibility index (Phi) is 3.10. The average molecular weight is 280 g/mol. The number of halogens is 1. The maximum absolute atomic E-state index is 11.9. The van der Waals surface area contributed by atoms with Crippen molar-refractivity contribution in [2.45, 2.75) is 6.42 Å². The predicted molar refractivity (Wildman–Crippen MR) is 65.3 cm³/mol. The van der Waals surface area contributed by atoms with Gasteiger partial charge in [0.15, 0.2) is 5.78 Å². The summed E-state index contributed by atoms with van der Waals surface area (Å²) in [6.45, 7) is 0. The van der Waals surface area contributed by atoms with Crippen molar-refractivity contribution in [2.75, 3.05) is 5.73 Å². The second-order valence-electron chi connectivity index (χ2n) is 3.46. The summed E-state index contributed by atoms with van der Waals surface area (Å²) in [5, 5.41) is 0. The number of Topliss-reactive ketones (excluding diaryl/α,β-unsaturated/α-hetero) is 1. The SMILES string of the molecule is Nc1ccc(Br)cc1C(=O)Cc1ccoc1. The third kappa shape index (κ3) is 2.33. The van der Waals surface area contributed by atoms with E-state index in [-0.39, 0.29) is 5.78 Å². The van der Waals surface area contributed by atoms with Gasteiger partial charge in [-0.25, -0.2) is 0 Å². The van der Waals surface area contributed by atoms with Gasteiger partial charge < -0.3 is 10.2 Å². The van der Waals surface area contributed by atoms with Crippen LogP contribution < -0.4 is 5.73 Å². The Bertz CT molecular complexity index is 506. The van der Waals surface area contributed by atoms with Gasteiger partial charge in [0, 0.05) is 22.1 Å². The summed E-state index contributed by atoms with van der Waals surface area (Å²) in [6, 6.07) is 7.03. The highest BCUT2D eigenvalue weighted by molar-refractivity contribution is 9.10. The molecule has 0 aliphatic carbocycles. The van der Waals surface area contributed by atoms with Crippen LogP contribution in [0.15, 0.2) is 45.7 Å². The zero-order chi connectivity index (χ0) is 11.5. The Hall–Kier alpha value is -1.55. The van der Waals surface area contributed by atoms with Crippen molar-refractivity contribution >= 4 is 27.4 Å². The van der Waals surface area contributed by atoms with Crippen molar-refractivity contribution in [3.63, 3.8) is 0 Å². The molecule has 3 nitrogen and oxygen atoms in total. The number of anilines is 1. The lowest BCUT2D eigenvalue weighted by Crippen LogP contribution is -2.06. The monoisotopic (exact) mass is 279 g/mol. The van der Waals surface area contributed by atoms with Crippen LogP contribution in [0, 0.1) is 0 Å². The standard InChI is InChI=1S/C12H10BrNO2/c13-9-1-2-11(14)10(6-9)12(15)5-8-3-4-16-7-8/h1-4,6-7H,5,14H2. The molecule has 0 bridgehead atoms. The number of ketones is 1. The van der Waals surface area contributed by atoms with Gasteiger partial charge in [-0.05, 0) is 29.8 Å². The zero-order valence-corrected chi connectivity index (χ0v) is 10.0. The molecule has 2 aromatic rings. The van der Waals surface area contributed by atoms with E-state index in [9.17, 15) is 4.79 Å². The molecule has 1 aromatic heterocycles. The number of nitrogen functional groups attached to an aromatic ring is 1. The van der Waals surface area contributed by atoms with Crippen LogP contribution in [0.5, 0.6) is 0 Å². The molecule has 1 aromatic carbocycles. The number of hydrogen-bond acceptors (Lipinski definition) is 3. The Balaban J connectivity index is 2.24. The Morgan fingerprint density at radius 3 is 2.88 bits per heavy atom. The van der Waals surface area contributed by atoms with Crippen LogP contribution >= 0.6 is 15.9 Å². The number of nitrogens with two attached hydrogens (primary N) is 1. The highest BCUT2D eigenvalue weighted by atomic mass is 79.9. The fraction of sp³-hybridized carbons (Fsp3) is 0.0833. The lowest BCUT2D eigenvalue weighted by molar-refractivity contribution is 0.0993. The van der Waals surface area contributed by atoms with Crippen molar-refractivity contribution in [3.05, 3.63) is 52.4 Å². The van der Waals surface area contributed by atoms with Gasteiger partial charge in [0.1, 0.15) is 0 Å². The van der Waals surface area contributed by atoms with Gasteiger partial charge in [-0.3, -0.25) is 4.79 Å². The van der Waals surface area contributed by atoms with E-state index in [4.69, 9.17) is 10.2 Å². The molecule has 16 heavy (non-hydrogen) atoms. The second-order valence-corrected chi connectivity index (χ2v) is 4.38. The van der Waals surface area contributed by atoms with Gasteiger partial charge in [-0.15, -0.1) is 0 Å². The first kappa shape index (κ1) is 11.0. The van der Waals surface area contributed by atoms with E-state index < -0.39 is 0 Å². The minimum Gasteiger partial charge on any atom is -0.472 e. The lowest BCUT2D eigenvalue weighted by Gasteiger charge is -2.04. The summed E-state index contributed by atoms with van der Waals surface area (Å²) in [6.07, 6.45) is 3.41. The van der Waals surface area contributed by atoms with E-state index in [2.05, 4.69) is 15.9 Å². The van der Waals surface area contributed by atoms with Gasteiger partial charge >= 0.3 is 0 Å². The first-order valence-electron chi connectivity index (χ1n) is 4.76. The van der Waals surface area contributed by atoms with Gasteiger partial charge in [0.25, 0.3) is 0 Å². The predicted octanol–water partition coefficient (Wildman–Crippen LogP) is 3.05. The molecule has 4 heteroatoms. The number of benzene rings is 1. The molecule has 82 valence electrons. The largest absolute Gasteiger partial charge is 0.472 e. The van der Waals surface area contributed by atoms with Crippen LogP contribution in [0.1, 0.15) is 15.9 Å². The highest BCUT2D eigenvalue weighted by Crippen LogP contribution is 2.20. The molecule has 0 fully saturated rings. The van der Waals surface area contributed by atoms with Crippen LogP contribution in [-0.2, 0) is 6.42 Å². The Morgan fingerprint density at radius 1 is 1.38 bits per heavy atom. The van der Waals surface area contributed by atoms with Gasteiger partial charge in [-0.1, -0.05) is 15.9 Å². The summed E-state index contributed by atoms with van der Waals surface area (Å²) >= 11 is 3.32. The van der Waals surface area contributed by atoms with Crippen LogP contribution in [0.25, 0.3) is 0 Å². The maximum atomic E-state index is 11.9. The molecule has 0 spiro atoms. The molecule has 0 radical (unpaired) electrons. The number of hydrogen-bond donors (Lipinski definition) is 1. The summed E-state index contributed by atoms with van der Waals surface area (Å²) in [7, 11) is 0. The molecule has 0 amide bonds. The van der Waals surface area contributed by atoms with Crippen LogP contribution in [0.3, 0.4) is 0 Å². The van der Waals surface area contributed by atoms with E-state index in [1.165, 1.54) is 0 Å². The van der Waals surface area contributed by atoms with Gasteiger partial charge in [0.05, 0.1) is 12.5 Å². The van der Waals surface area contributed by atoms with Crippen molar-refractivity contribution in [2.24, 2.45) is 0 Å². The third-order valence-electron chi connectivity index (χ3n) is 2.26. The molecule has 0 aliphatic heterocycles. The molecule has 0 saturated carbocycles. The fourth-order valence-electron chi connectivity index (χ4n) is 1.44. The van der Waals surface area contributed by atoms with Crippen molar-refractivity contribution in [1.82, 2.24) is 0 Å². The molecule has 0 unspecified atom stereocenters. The number of carbonyl (C=O) groups is 1. The van der Waals surface area contributed by atoms with E-state index in [0.717, 1.165) is 10.0 Å². The van der Waals surface area contributed by atoms with Crippen LogP contribution in [0.4, 0.5) is 5.69 Å². The molecule has 0 aliphatic rings. The molecule has 0 saturated heterocycles. The first-order valence-corrected chi connectivity index (χ1v) is 5.55. The minimum absolute atomic E-state index is 0.0137. The van der Waals surface area contributed by atoms with Crippen LogP contribution in [-0.4, -0.2) is 5.78 Å². The maximum Gasteiger partial charge on any atom is 0.169 e.